The predicted molar refractivity (Wildman–Crippen MR) is 94.2 cm³/mol. The van der Waals surface area contributed by atoms with Gasteiger partial charge in [-0.25, -0.2) is 5.43 Å². The highest BCUT2D eigenvalue weighted by Crippen LogP contribution is 2.30. The molecule has 0 unspecified atom stereocenters. The molecule has 6 heteroatoms. The Morgan fingerprint density at radius 1 is 1.24 bits per heavy atom. The SMILES string of the molecule is C=CCOc1ccccc1/C=N\NC(=O)[C@@H]1COc2ccccc2O1. The fourth-order valence-electron chi connectivity index (χ4n) is 2.25. The van der Waals surface area contributed by atoms with Crippen LogP contribution in [0.3, 0.4) is 0 Å². The minimum absolute atomic E-state index is 0.136. The van der Waals surface area contributed by atoms with Crippen molar-refractivity contribution in [1.29, 1.82) is 0 Å². The van der Waals surface area contributed by atoms with E-state index >= 15 is 0 Å². The van der Waals surface area contributed by atoms with Crippen LogP contribution in [-0.4, -0.2) is 31.4 Å². The number of hydrogen-bond acceptors (Lipinski definition) is 5. The molecule has 0 aromatic heterocycles. The largest absolute Gasteiger partial charge is 0.489 e. The number of nitrogens with zero attached hydrogens (tertiary/aromatic N) is 1. The standard InChI is InChI=1S/C19H18N2O4/c1-2-11-23-15-8-4-3-7-14(15)12-20-21-19(22)18-13-24-16-9-5-6-10-17(16)25-18/h2-10,12,18H,1,11,13H2,(H,21,22)/b20-12-/t18-/m0/s1. The van der Waals surface area contributed by atoms with Crippen LogP contribution in [-0.2, 0) is 4.79 Å². The molecule has 0 aliphatic carbocycles. The first kappa shape index (κ1) is 16.6. The van der Waals surface area contributed by atoms with E-state index in [2.05, 4.69) is 17.1 Å². The third kappa shape index (κ3) is 4.17. The highest BCUT2D eigenvalue weighted by atomic mass is 16.6. The van der Waals surface area contributed by atoms with Crippen molar-refractivity contribution in [3.05, 3.63) is 66.7 Å². The Hall–Kier alpha value is -3.28. The van der Waals surface area contributed by atoms with Crippen LogP contribution in [0.4, 0.5) is 0 Å². The maximum absolute atomic E-state index is 12.2. The fourth-order valence-corrected chi connectivity index (χ4v) is 2.25. The molecule has 1 N–H and O–H groups in total. The van der Waals surface area contributed by atoms with Crippen molar-refractivity contribution in [3.63, 3.8) is 0 Å². The Morgan fingerprint density at radius 3 is 2.84 bits per heavy atom. The summed E-state index contributed by atoms with van der Waals surface area (Å²) in [6, 6.07) is 14.6. The lowest BCUT2D eigenvalue weighted by Crippen LogP contribution is -2.42. The minimum atomic E-state index is -0.751. The third-order valence-electron chi connectivity index (χ3n) is 3.46. The second-order valence-corrected chi connectivity index (χ2v) is 5.24. The number of nitrogens with one attached hydrogen (secondary N) is 1. The highest BCUT2D eigenvalue weighted by Gasteiger charge is 2.26. The van der Waals surface area contributed by atoms with E-state index < -0.39 is 6.10 Å². The molecule has 0 spiro atoms. The Balaban J connectivity index is 1.60. The molecule has 0 saturated carbocycles. The third-order valence-corrected chi connectivity index (χ3v) is 3.46. The topological polar surface area (TPSA) is 69.2 Å². The number of benzene rings is 2. The molecule has 0 saturated heterocycles. The molecule has 6 nitrogen and oxygen atoms in total. The van der Waals surface area contributed by atoms with Crippen molar-refractivity contribution >= 4 is 12.1 Å². The zero-order valence-corrected chi connectivity index (χ0v) is 13.6. The van der Waals surface area contributed by atoms with Gasteiger partial charge in [-0.3, -0.25) is 4.79 Å². The molecule has 1 aliphatic rings. The predicted octanol–water partition coefficient (Wildman–Crippen LogP) is 2.54. The van der Waals surface area contributed by atoms with E-state index in [1.165, 1.54) is 6.21 Å². The zero-order valence-electron chi connectivity index (χ0n) is 13.6. The lowest BCUT2D eigenvalue weighted by molar-refractivity contribution is -0.130. The van der Waals surface area contributed by atoms with E-state index in [0.717, 1.165) is 5.56 Å². The van der Waals surface area contributed by atoms with Gasteiger partial charge in [0.25, 0.3) is 5.91 Å². The first-order valence-electron chi connectivity index (χ1n) is 7.82. The number of fused-ring (bicyclic) bond motifs is 1. The molecule has 1 amide bonds. The molecular weight excluding hydrogens is 320 g/mol. The number of ether oxygens (including phenoxy) is 3. The van der Waals surface area contributed by atoms with Crippen molar-refractivity contribution in [2.75, 3.05) is 13.2 Å². The maximum Gasteiger partial charge on any atom is 0.284 e. The highest BCUT2D eigenvalue weighted by molar-refractivity contribution is 5.86. The molecule has 2 aromatic carbocycles. The van der Waals surface area contributed by atoms with E-state index in [0.29, 0.717) is 23.9 Å². The van der Waals surface area contributed by atoms with Crippen molar-refractivity contribution in [2.24, 2.45) is 5.10 Å². The molecule has 1 aliphatic heterocycles. The summed E-state index contributed by atoms with van der Waals surface area (Å²) in [5, 5.41) is 3.98. The van der Waals surface area contributed by atoms with Crippen LogP contribution in [0.25, 0.3) is 0 Å². The van der Waals surface area contributed by atoms with Gasteiger partial charge >= 0.3 is 0 Å². The molecular formula is C19H18N2O4. The number of carbonyl (C=O) groups excluding carboxylic acids is 1. The van der Waals surface area contributed by atoms with E-state index in [1.54, 1.807) is 18.2 Å². The van der Waals surface area contributed by atoms with E-state index in [1.807, 2.05) is 36.4 Å². The number of carbonyl (C=O) groups is 1. The number of hydrazone groups is 1. The molecule has 0 radical (unpaired) electrons. The van der Waals surface area contributed by atoms with Gasteiger partial charge in [0.2, 0.25) is 6.10 Å². The Bertz CT molecular complexity index is 788. The Kier molecular flexibility index (Phi) is 5.31. The molecule has 128 valence electrons. The summed E-state index contributed by atoms with van der Waals surface area (Å²) in [6.07, 6.45) is 2.43. The van der Waals surface area contributed by atoms with Crippen LogP contribution in [0.1, 0.15) is 5.56 Å². The van der Waals surface area contributed by atoms with Gasteiger partial charge in [0, 0.05) is 5.56 Å². The second-order valence-electron chi connectivity index (χ2n) is 5.24. The summed E-state index contributed by atoms with van der Waals surface area (Å²) < 4.78 is 16.7. The number of hydrogen-bond donors (Lipinski definition) is 1. The first-order chi connectivity index (χ1) is 12.3. The van der Waals surface area contributed by atoms with Gasteiger partial charge in [-0.2, -0.15) is 5.10 Å². The van der Waals surface area contributed by atoms with Gasteiger partial charge in [-0.05, 0) is 24.3 Å². The van der Waals surface area contributed by atoms with Gasteiger partial charge in [0.15, 0.2) is 11.5 Å². The van der Waals surface area contributed by atoms with Crippen molar-refractivity contribution in [2.45, 2.75) is 6.10 Å². The maximum atomic E-state index is 12.2. The monoisotopic (exact) mass is 338 g/mol. The average Bonchev–Trinajstić information content (AvgIpc) is 2.66. The quantitative estimate of drug-likeness (QED) is 0.499. The van der Waals surface area contributed by atoms with E-state index in [-0.39, 0.29) is 12.5 Å². The van der Waals surface area contributed by atoms with Gasteiger partial charge in [0.05, 0.1) is 6.21 Å². The van der Waals surface area contributed by atoms with Crippen LogP contribution in [0.15, 0.2) is 66.3 Å². The number of rotatable bonds is 6. The van der Waals surface area contributed by atoms with Gasteiger partial charge in [0.1, 0.15) is 19.0 Å². The summed E-state index contributed by atoms with van der Waals surface area (Å²) in [6.45, 7) is 4.15. The number of para-hydroxylation sites is 3. The summed E-state index contributed by atoms with van der Waals surface area (Å²) >= 11 is 0. The van der Waals surface area contributed by atoms with Crippen LogP contribution in [0.5, 0.6) is 17.2 Å². The lowest BCUT2D eigenvalue weighted by atomic mass is 10.2. The van der Waals surface area contributed by atoms with Crippen LogP contribution in [0, 0.1) is 0 Å². The summed E-state index contributed by atoms with van der Waals surface area (Å²) in [4.78, 5) is 12.2. The zero-order chi connectivity index (χ0) is 17.5. The summed E-state index contributed by atoms with van der Waals surface area (Å²) in [5.41, 5.74) is 3.21. The van der Waals surface area contributed by atoms with Crippen molar-refractivity contribution in [1.82, 2.24) is 5.43 Å². The molecule has 25 heavy (non-hydrogen) atoms. The molecule has 1 atom stereocenters. The van der Waals surface area contributed by atoms with E-state index in [9.17, 15) is 4.79 Å². The van der Waals surface area contributed by atoms with Gasteiger partial charge in [-0.1, -0.05) is 36.9 Å². The Labute approximate surface area is 145 Å². The molecule has 0 fully saturated rings. The van der Waals surface area contributed by atoms with Gasteiger partial charge < -0.3 is 14.2 Å². The second kappa shape index (κ2) is 8.01. The first-order valence-corrected chi connectivity index (χ1v) is 7.82. The molecule has 0 bridgehead atoms. The smallest absolute Gasteiger partial charge is 0.284 e. The molecule has 1 heterocycles. The van der Waals surface area contributed by atoms with Crippen molar-refractivity contribution in [3.8, 4) is 17.2 Å². The van der Waals surface area contributed by atoms with Gasteiger partial charge in [-0.15, -0.1) is 0 Å². The molecule has 3 rings (SSSR count). The van der Waals surface area contributed by atoms with Crippen LogP contribution >= 0.6 is 0 Å². The summed E-state index contributed by atoms with van der Waals surface area (Å²) in [7, 11) is 0. The normalized spacial score (nSPS) is 15.6. The summed E-state index contributed by atoms with van der Waals surface area (Å²) in [5.74, 6) is 1.45. The lowest BCUT2D eigenvalue weighted by Gasteiger charge is -2.24. The number of amides is 1. The minimum Gasteiger partial charge on any atom is -0.489 e. The fraction of sp³-hybridized carbons (Fsp3) is 0.158. The van der Waals surface area contributed by atoms with Crippen molar-refractivity contribution < 1.29 is 19.0 Å². The molecule has 2 aromatic rings. The van der Waals surface area contributed by atoms with Crippen LogP contribution < -0.4 is 19.6 Å². The average molecular weight is 338 g/mol. The Morgan fingerprint density at radius 2 is 2.00 bits per heavy atom. The van der Waals surface area contributed by atoms with Crippen LogP contribution in [0.2, 0.25) is 0 Å². The van der Waals surface area contributed by atoms with E-state index in [4.69, 9.17) is 14.2 Å².